The van der Waals surface area contributed by atoms with Crippen LogP contribution in [0.15, 0.2) is 24.4 Å². The van der Waals surface area contributed by atoms with Crippen molar-refractivity contribution in [2.45, 2.75) is 19.4 Å². The van der Waals surface area contributed by atoms with Crippen molar-refractivity contribution in [3.05, 3.63) is 34.9 Å². The predicted octanol–water partition coefficient (Wildman–Crippen LogP) is 3.06. The molecule has 0 spiro atoms. The first kappa shape index (κ1) is 14.9. The third-order valence-corrected chi connectivity index (χ3v) is 4.97. The fourth-order valence-corrected chi connectivity index (χ4v) is 3.30. The molecule has 0 amide bonds. The maximum Gasteiger partial charge on any atom is 0.0878 e. The lowest BCUT2D eigenvalue weighted by Gasteiger charge is -2.05. The maximum atomic E-state index is 7.64. The van der Waals surface area contributed by atoms with Gasteiger partial charge in [0.25, 0.3) is 0 Å². The van der Waals surface area contributed by atoms with Gasteiger partial charge in [-0.3, -0.25) is 0 Å². The molecule has 2 unspecified atom stereocenters. The second-order valence-corrected chi connectivity index (χ2v) is 6.53. The van der Waals surface area contributed by atoms with Crippen LogP contribution in [-0.4, -0.2) is 34.1 Å². The molecule has 1 fully saturated rings. The summed E-state index contributed by atoms with van der Waals surface area (Å²) in [6.07, 6.45) is 10.0. The monoisotopic (exact) mass is 313 g/mol. The van der Waals surface area contributed by atoms with E-state index in [9.17, 15) is 0 Å². The Hall–Kier alpha value is -2.05. The zero-order chi connectivity index (χ0) is 15.7. The highest BCUT2D eigenvalue weighted by Crippen LogP contribution is 2.45. The van der Waals surface area contributed by atoms with Gasteiger partial charge in [0.05, 0.1) is 23.1 Å². The number of nitrogens with zero attached hydrogens (tertiary/aromatic N) is 3. The third kappa shape index (κ3) is 2.34. The van der Waals surface area contributed by atoms with Crippen molar-refractivity contribution in [3.63, 3.8) is 0 Å². The van der Waals surface area contributed by atoms with Crippen molar-refractivity contribution >= 4 is 29.8 Å². The zero-order valence-electron chi connectivity index (χ0n) is 12.7. The summed E-state index contributed by atoms with van der Waals surface area (Å²) in [7, 11) is 1.93. The van der Waals surface area contributed by atoms with Crippen molar-refractivity contribution in [1.82, 2.24) is 20.1 Å². The Bertz CT molecular complexity index is 742. The highest BCUT2D eigenvalue weighted by molar-refractivity contribution is 7.10. The van der Waals surface area contributed by atoms with Crippen molar-refractivity contribution in [2.24, 2.45) is 5.41 Å². The van der Waals surface area contributed by atoms with E-state index in [1.165, 1.54) is 11.1 Å². The summed E-state index contributed by atoms with van der Waals surface area (Å²) in [5, 5.41) is 15.3. The molecule has 0 aliphatic heterocycles. The van der Waals surface area contributed by atoms with E-state index in [1.807, 2.05) is 31.0 Å². The number of hydrogen-bond donors (Lipinski definition) is 2. The molecule has 1 aliphatic carbocycles. The zero-order valence-corrected chi connectivity index (χ0v) is 13.5. The van der Waals surface area contributed by atoms with E-state index < -0.39 is 0 Å². The predicted molar refractivity (Wildman–Crippen MR) is 92.2 cm³/mol. The fraction of sp³-hybridized carbons (Fsp3) is 0.312. The fourth-order valence-electron chi connectivity index (χ4n) is 2.71. The van der Waals surface area contributed by atoms with Crippen LogP contribution in [0, 0.1) is 17.7 Å². The molecule has 0 radical (unpaired) electrons. The highest BCUT2D eigenvalue weighted by Gasteiger charge is 2.49. The summed E-state index contributed by atoms with van der Waals surface area (Å²) in [4.78, 5) is 5.58. The van der Waals surface area contributed by atoms with Gasteiger partial charge < -0.3 is 10.7 Å². The highest BCUT2D eigenvalue weighted by atomic mass is 32.1. The molecular formula is C16H19N5S. The van der Waals surface area contributed by atoms with E-state index in [-0.39, 0.29) is 5.41 Å². The molecule has 2 heterocycles. The van der Waals surface area contributed by atoms with Crippen LogP contribution >= 0.6 is 11.3 Å². The minimum atomic E-state index is -0.185. The van der Waals surface area contributed by atoms with Gasteiger partial charge in [0.1, 0.15) is 0 Å². The molecule has 2 N–H and O–H groups in total. The molecule has 0 bridgehead atoms. The Balaban J connectivity index is 1.93. The Labute approximate surface area is 133 Å². The number of rotatable bonds is 6. The van der Waals surface area contributed by atoms with Gasteiger partial charge >= 0.3 is 0 Å². The van der Waals surface area contributed by atoms with Crippen LogP contribution in [0.3, 0.4) is 0 Å². The molecule has 1 saturated carbocycles. The number of nitrogens with one attached hydrogen (secondary N) is 2. The molecule has 3 rings (SSSR count). The molecular weight excluding hydrogens is 294 g/mol. The maximum absolute atomic E-state index is 7.64. The average molecular weight is 313 g/mol. The number of aromatic nitrogens is 3. The van der Waals surface area contributed by atoms with Gasteiger partial charge in [-0.25, -0.2) is 9.67 Å². The van der Waals surface area contributed by atoms with E-state index in [1.54, 1.807) is 22.1 Å². The van der Waals surface area contributed by atoms with Crippen LogP contribution in [-0.2, 0) is 0 Å². The largest absolute Gasteiger partial charge is 0.316 e. The van der Waals surface area contributed by atoms with Crippen LogP contribution < -0.4 is 5.32 Å². The van der Waals surface area contributed by atoms with Crippen molar-refractivity contribution < 1.29 is 0 Å². The molecule has 114 valence electrons. The topological polar surface area (TPSA) is 66.6 Å². The van der Waals surface area contributed by atoms with E-state index in [0.717, 1.165) is 23.4 Å². The lowest BCUT2D eigenvalue weighted by atomic mass is 10.1. The lowest BCUT2D eigenvalue weighted by molar-refractivity contribution is 0.727. The second kappa shape index (κ2) is 5.62. The molecule has 5 nitrogen and oxygen atoms in total. The Morgan fingerprint density at radius 1 is 1.59 bits per heavy atom. The first-order valence-electron chi connectivity index (χ1n) is 7.14. The summed E-state index contributed by atoms with van der Waals surface area (Å²) >= 11 is 1.62. The quantitative estimate of drug-likeness (QED) is 0.806. The third-order valence-electron chi connectivity index (χ3n) is 4.22. The van der Waals surface area contributed by atoms with Crippen LogP contribution in [0.5, 0.6) is 0 Å². The summed E-state index contributed by atoms with van der Waals surface area (Å²) in [6.45, 7) is 5.95. The van der Waals surface area contributed by atoms with Crippen molar-refractivity contribution in [2.75, 3.05) is 7.05 Å². The van der Waals surface area contributed by atoms with Gasteiger partial charge in [0.2, 0.25) is 0 Å². The van der Waals surface area contributed by atoms with Crippen LogP contribution in [0.2, 0.25) is 0 Å². The number of thiazole rings is 1. The summed E-state index contributed by atoms with van der Waals surface area (Å²) in [5.74, 6) is 0. The van der Waals surface area contributed by atoms with E-state index in [0.29, 0.717) is 6.04 Å². The van der Waals surface area contributed by atoms with E-state index in [2.05, 4.69) is 28.9 Å². The molecule has 0 aromatic carbocycles. The van der Waals surface area contributed by atoms with E-state index in [4.69, 9.17) is 5.41 Å². The average Bonchev–Trinajstić information content (AvgIpc) is 2.84. The molecule has 6 heteroatoms. The van der Waals surface area contributed by atoms with Gasteiger partial charge in [-0.1, -0.05) is 12.7 Å². The Kier molecular flexibility index (Phi) is 3.80. The minimum absolute atomic E-state index is 0.185. The normalized spacial score (nSPS) is 23.8. The Morgan fingerprint density at radius 2 is 2.41 bits per heavy atom. The van der Waals surface area contributed by atoms with Crippen molar-refractivity contribution in [1.29, 1.82) is 5.41 Å². The van der Waals surface area contributed by atoms with Crippen LogP contribution in [0.4, 0.5) is 0 Å². The first-order chi connectivity index (χ1) is 10.6. The summed E-state index contributed by atoms with van der Waals surface area (Å²) < 4.78 is 1.80. The van der Waals surface area contributed by atoms with Crippen LogP contribution in [0.25, 0.3) is 23.5 Å². The number of hydrogen-bond acceptors (Lipinski definition) is 5. The molecule has 2 aromatic rings. The standard InChI is InChI=1S/C16H19N5S/c1-4-13-12(15-11(2)22-10-19-15)8-20-21(13)6-5-16(9-17)7-14(16)18-3/h4-6,8-10,14,17-18H,1,7H2,2-3H3/b6-5+,17-9?. The molecule has 22 heavy (non-hydrogen) atoms. The first-order valence-corrected chi connectivity index (χ1v) is 8.02. The molecule has 2 aromatic heterocycles. The van der Waals surface area contributed by atoms with Gasteiger partial charge in [0, 0.05) is 34.3 Å². The summed E-state index contributed by atoms with van der Waals surface area (Å²) in [5.41, 5.74) is 4.53. The Morgan fingerprint density at radius 3 is 2.95 bits per heavy atom. The minimum Gasteiger partial charge on any atom is -0.316 e. The second-order valence-electron chi connectivity index (χ2n) is 5.47. The summed E-state index contributed by atoms with van der Waals surface area (Å²) in [6, 6.07) is 0.337. The van der Waals surface area contributed by atoms with Crippen molar-refractivity contribution in [3.8, 4) is 11.3 Å². The van der Waals surface area contributed by atoms with Gasteiger partial charge in [0.15, 0.2) is 0 Å². The van der Waals surface area contributed by atoms with Gasteiger partial charge in [-0.2, -0.15) is 5.10 Å². The smallest absolute Gasteiger partial charge is 0.0878 e. The van der Waals surface area contributed by atoms with E-state index >= 15 is 0 Å². The lowest BCUT2D eigenvalue weighted by Crippen LogP contribution is -2.18. The molecule has 0 saturated heterocycles. The van der Waals surface area contributed by atoms with Crippen LogP contribution in [0.1, 0.15) is 17.0 Å². The molecule has 2 atom stereocenters. The number of aryl methyl sites for hydroxylation is 1. The van der Waals surface area contributed by atoms with Gasteiger partial charge in [-0.05, 0) is 26.5 Å². The SMILES string of the molecule is C=Cc1c(-c2ncsc2C)cnn1/C=C/C1(C=N)CC1NC. The molecule has 1 aliphatic rings. The van der Waals surface area contributed by atoms with Gasteiger partial charge in [-0.15, -0.1) is 11.3 Å².